The molecular weight excluding hydrogens is 296 g/mol. The van der Waals surface area contributed by atoms with Crippen LogP contribution in [0, 0.1) is 0 Å². The molecule has 0 saturated carbocycles. The Balaban J connectivity index is 0.000000433. The molecule has 0 spiro atoms. The van der Waals surface area contributed by atoms with Gasteiger partial charge in [-0.2, -0.15) is 0 Å². The van der Waals surface area contributed by atoms with E-state index >= 15 is 0 Å². The molecule has 0 fully saturated rings. The van der Waals surface area contributed by atoms with Crippen molar-refractivity contribution < 1.29 is 23.4 Å². The minimum atomic E-state index is -0.212. The number of fused-ring (bicyclic) bond motifs is 2. The molecule has 0 unspecified atom stereocenters. The van der Waals surface area contributed by atoms with Crippen molar-refractivity contribution in [2.45, 2.75) is 33.6 Å². The van der Waals surface area contributed by atoms with E-state index in [1.807, 2.05) is 0 Å². The third-order valence-corrected chi connectivity index (χ3v) is 3.61. The number of allylic oxidation sites excluding steroid dienone is 2. The Morgan fingerprint density at radius 1 is 1.13 bits per heavy atom. The van der Waals surface area contributed by atoms with E-state index in [-0.39, 0.29) is 11.5 Å². The first-order valence-corrected chi connectivity index (χ1v) is 7.68. The van der Waals surface area contributed by atoms with Gasteiger partial charge in [0.1, 0.15) is 11.3 Å². The normalized spacial score (nSPS) is 14.3. The van der Waals surface area contributed by atoms with Gasteiger partial charge in [0.05, 0.1) is 25.9 Å². The molecule has 0 radical (unpaired) electrons. The van der Waals surface area contributed by atoms with Crippen LogP contribution < -0.4 is 14.2 Å². The average Bonchev–Trinajstić information content (AvgIpc) is 3.18. The zero-order valence-electron chi connectivity index (χ0n) is 14.2. The van der Waals surface area contributed by atoms with Crippen molar-refractivity contribution >= 4 is 16.8 Å². The Morgan fingerprint density at radius 3 is 2.30 bits per heavy atom. The summed E-state index contributed by atoms with van der Waals surface area (Å²) in [4.78, 5) is 12.3. The standard InChI is InChI=1S/C14H12O5.C4H10/c1-4-8-10(15)9-11(16-2)7-5-6-18-12(7)14(17-3)13(9)19-8;1-3-4-2/h4-6H,1-3H3;3-4H2,1-2H3/b8-4-;. The molecule has 5 heteroatoms. The molecule has 3 rings (SSSR count). The lowest BCUT2D eigenvalue weighted by atomic mass is 10.1. The third kappa shape index (κ3) is 2.79. The minimum Gasteiger partial charge on any atom is -0.495 e. The van der Waals surface area contributed by atoms with E-state index in [4.69, 9.17) is 18.6 Å². The van der Waals surface area contributed by atoms with Crippen molar-refractivity contribution in [1.82, 2.24) is 0 Å². The van der Waals surface area contributed by atoms with Crippen LogP contribution in [0.15, 0.2) is 28.6 Å². The van der Waals surface area contributed by atoms with E-state index in [0.717, 1.165) is 0 Å². The zero-order chi connectivity index (χ0) is 17.0. The van der Waals surface area contributed by atoms with E-state index in [2.05, 4.69) is 13.8 Å². The van der Waals surface area contributed by atoms with E-state index in [1.54, 1.807) is 19.1 Å². The van der Waals surface area contributed by atoms with Crippen LogP contribution in [0.4, 0.5) is 0 Å². The highest BCUT2D eigenvalue weighted by Gasteiger charge is 2.36. The molecule has 0 saturated heterocycles. The number of benzene rings is 1. The van der Waals surface area contributed by atoms with Crippen LogP contribution in [-0.2, 0) is 0 Å². The van der Waals surface area contributed by atoms with Gasteiger partial charge in [0, 0.05) is 0 Å². The molecule has 1 aliphatic heterocycles. The predicted molar refractivity (Wildman–Crippen MR) is 88.6 cm³/mol. The first-order valence-electron chi connectivity index (χ1n) is 7.68. The van der Waals surface area contributed by atoms with Gasteiger partial charge in [0.25, 0.3) is 0 Å². The molecule has 0 bridgehead atoms. The van der Waals surface area contributed by atoms with Crippen molar-refractivity contribution in [3.05, 3.63) is 29.7 Å². The van der Waals surface area contributed by atoms with Crippen molar-refractivity contribution in [3.63, 3.8) is 0 Å². The largest absolute Gasteiger partial charge is 0.495 e. The van der Waals surface area contributed by atoms with Gasteiger partial charge < -0.3 is 18.6 Å². The number of hydrogen-bond acceptors (Lipinski definition) is 5. The highest BCUT2D eigenvalue weighted by atomic mass is 16.5. The summed E-state index contributed by atoms with van der Waals surface area (Å²) >= 11 is 0. The first kappa shape index (κ1) is 16.9. The summed E-state index contributed by atoms with van der Waals surface area (Å²) in [5.41, 5.74) is 0.879. The molecule has 124 valence electrons. The molecule has 2 aromatic rings. The van der Waals surface area contributed by atoms with Crippen molar-refractivity contribution in [2.75, 3.05) is 14.2 Å². The fraction of sp³-hybridized carbons (Fsp3) is 0.389. The number of furan rings is 1. The second kappa shape index (κ2) is 7.22. The monoisotopic (exact) mass is 318 g/mol. The van der Waals surface area contributed by atoms with Crippen LogP contribution in [0.5, 0.6) is 17.2 Å². The van der Waals surface area contributed by atoms with Crippen LogP contribution in [0.25, 0.3) is 11.0 Å². The highest BCUT2D eigenvalue weighted by Crippen LogP contribution is 2.50. The number of methoxy groups -OCH3 is 2. The van der Waals surface area contributed by atoms with Gasteiger partial charge in [-0.1, -0.05) is 26.7 Å². The lowest BCUT2D eigenvalue weighted by Gasteiger charge is -2.10. The maximum absolute atomic E-state index is 12.3. The minimum absolute atomic E-state index is 0.212. The Kier molecular flexibility index (Phi) is 5.32. The van der Waals surface area contributed by atoms with Crippen molar-refractivity contribution in [1.29, 1.82) is 0 Å². The topological polar surface area (TPSA) is 57.9 Å². The summed E-state index contributed by atoms with van der Waals surface area (Å²) in [6.07, 6.45) is 5.77. The number of Topliss-reactive ketones (excluding diaryl/α,β-unsaturated/α-hetero) is 1. The highest BCUT2D eigenvalue weighted by molar-refractivity contribution is 6.18. The van der Waals surface area contributed by atoms with Gasteiger partial charge in [-0.25, -0.2) is 0 Å². The molecular formula is C18H22O5. The number of ketones is 1. The summed E-state index contributed by atoms with van der Waals surface area (Å²) in [5, 5.41) is 0.687. The number of rotatable bonds is 3. The van der Waals surface area contributed by atoms with Gasteiger partial charge in [0.15, 0.2) is 17.1 Å². The van der Waals surface area contributed by atoms with E-state index in [0.29, 0.717) is 33.8 Å². The van der Waals surface area contributed by atoms with Crippen LogP contribution in [0.2, 0.25) is 0 Å². The number of ether oxygens (including phenoxy) is 3. The maximum Gasteiger partial charge on any atom is 0.235 e. The Hall–Kier alpha value is -2.43. The molecule has 1 aromatic carbocycles. The van der Waals surface area contributed by atoms with Crippen molar-refractivity contribution in [2.24, 2.45) is 0 Å². The lowest BCUT2D eigenvalue weighted by Crippen LogP contribution is -1.99. The van der Waals surface area contributed by atoms with Gasteiger partial charge in [-0.15, -0.1) is 0 Å². The van der Waals surface area contributed by atoms with Gasteiger partial charge >= 0.3 is 0 Å². The molecule has 5 nitrogen and oxygen atoms in total. The molecule has 0 amide bonds. The van der Waals surface area contributed by atoms with E-state index in [1.165, 1.54) is 33.3 Å². The number of hydrogen-bond donors (Lipinski definition) is 0. The van der Waals surface area contributed by atoms with Crippen LogP contribution in [0.1, 0.15) is 44.0 Å². The van der Waals surface area contributed by atoms with E-state index < -0.39 is 0 Å². The lowest BCUT2D eigenvalue weighted by molar-refractivity contribution is 0.101. The molecule has 23 heavy (non-hydrogen) atoms. The fourth-order valence-corrected chi connectivity index (χ4v) is 2.29. The summed E-state index contributed by atoms with van der Waals surface area (Å²) in [6, 6.07) is 1.73. The van der Waals surface area contributed by atoms with Crippen molar-refractivity contribution in [3.8, 4) is 17.2 Å². The molecule has 2 heterocycles. The summed E-state index contributed by atoms with van der Waals surface area (Å²) < 4.78 is 21.6. The zero-order valence-corrected chi connectivity index (χ0v) is 14.2. The number of carbonyl (C=O) groups is 1. The Bertz CT molecular complexity index is 737. The van der Waals surface area contributed by atoms with Gasteiger partial charge in [-0.05, 0) is 19.1 Å². The molecule has 0 N–H and O–H groups in total. The molecule has 1 aliphatic rings. The summed E-state index contributed by atoms with van der Waals surface area (Å²) in [6.45, 7) is 6.10. The second-order valence-corrected chi connectivity index (χ2v) is 5.02. The quantitative estimate of drug-likeness (QED) is 0.765. The Labute approximate surface area is 135 Å². The fourth-order valence-electron chi connectivity index (χ4n) is 2.29. The van der Waals surface area contributed by atoms with Gasteiger partial charge in [-0.3, -0.25) is 4.79 Å². The number of unbranched alkanes of at least 4 members (excludes halogenated alkanes) is 1. The summed E-state index contributed by atoms with van der Waals surface area (Å²) in [5.74, 6) is 1.25. The molecule has 0 atom stereocenters. The second-order valence-electron chi connectivity index (χ2n) is 5.02. The smallest absolute Gasteiger partial charge is 0.235 e. The van der Waals surface area contributed by atoms with E-state index in [9.17, 15) is 4.79 Å². The van der Waals surface area contributed by atoms with Crippen LogP contribution >= 0.6 is 0 Å². The maximum atomic E-state index is 12.3. The van der Waals surface area contributed by atoms with Crippen LogP contribution in [0.3, 0.4) is 0 Å². The third-order valence-electron chi connectivity index (χ3n) is 3.61. The number of carbonyl (C=O) groups excluding carboxylic acids is 1. The average molecular weight is 318 g/mol. The van der Waals surface area contributed by atoms with Gasteiger partial charge in [0.2, 0.25) is 11.5 Å². The molecule has 0 aliphatic carbocycles. The first-order chi connectivity index (χ1) is 11.1. The SMILES string of the molecule is C/C=C1\Oc2c(c(OC)c3ccoc3c2OC)C1=O.CCCC. The molecule has 1 aromatic heterocycles. The van der Waals surface area contributed by atoms with Crippen LogP contribution in [-0.4, -0.2) is 20.0 Å². The summed E-state index contributed by atoms with van der Waals surface area (Å²) in [7, 11) is 3.01. The Morgan fingerprint density at radius 2 is 1.78 bits per heavy atom. The predicted octanol–water partition coefficient (Wildman–Crippen LogP) is 4.74.